The van der Waals surface area contributed by atoms with Crippen LogP contribution in [0.3, 0.4) is 0 Å². The second-order valence-electron chi connectivity index (χ2n) is 8.01. The maximum Gasteiger partial charge on any atom is 0.234 e. The van der Waals surface area contributed by atoms with Crippen LogP contribution in [-0.4, -0.2) is 45.3 Å². The fraction of sp³-hybridized carbons (Fsp3) is 0.364. The van der Waals surface area contributed by atoms with Crippen LogP contribution in [0.4, 0.5) is 11.4 Å². The summed E-state index contributed by atoms with van der Waals surface area (Å²) in [6.45, 7) is 8.43. The largest absolute Gasteiger partial charge is 0.378 e. The van der Waals surface area contributed by atoms with Crippen molar-refractivity contribution >= 4 is 56.2 Å². The molecule has 3 aromatic heterocycles. The van der Waals surface area contributed by atoms with Crippen LogP contribution in [0.15, 0.2) is 29.4 Å². The normalized spacial score (nSPS) is 11.6. The maximum absolute atomic E-state index is 12.5. The fourth-order valence-corrected chi connectivity index (χ4v) is 5.17. The zero-order valence-corrected chi connectivity index (χ0v) is 20.2. The van der Waals surface area contributed by atoms with Crippen LogP contribution in [0, 0.1) is 13.8 Å². The van der Waals surface area contributed by atoms with Crippen molar-refractivity contribution in [1.82, 2.24) is 19.6 Å². The number of aryl methyl sites for hydroxylation is 2. The van der Waals surface area contributed by atoms with Crippen molar-refractivity contribution in [3.05, 3.63) is 40.5 Å². The van der Waals surface area contributed by atoms with E-state index >= 15 is 0 Å². The summed E-state index contributed by atoms with van der Waals surface area (Å²) in [6, 6.07) is 7.77. The number of aromatic nitrogens is 4. The van der Waals surface area contributed by atoms with Crippen molar-refractivity contribution in [2.24, 2.45) is 0 Å². The summed E-state index contributed by atoms with van der Waals surface area (Å²) >= 11 is 3.07. The molecule has 0 fully saturated rings. The number of hydrogen-bond acceptors (Lipinski definition) is 7. The van der Waals surface area contributed by atoms with Crippen LogP contribution in [0.5, 0.6) is 0 Å². The number of fused-ring (bicyclic) bond motifs is 3. The molecular weight excluding hydrogens is 428 g/mol. The molecule has 4 aromatic rings. The Morgan fingerprint density at radius 2 is 1.90 bits per heavy atom. The highest BCUT2D eigenvalue weighted by Gasteiger charge is 2.21. The number of thioether (sulfide) groups is 1. The number of anilines is 2. The molecule has 0 spiro atoms. The summed E-state index contributed by atoms with van der Waals surface area (Å²) in [5.74, 6) is 1.28. The van der Waals surface area contributed by atoms with Gasteiger partial charge in [-0.3, -0.25) is 9.20 Å². The third-order valence-electron chi connectivity index (χ3n) is 5.19. The van der Waals surface area contributed by atoms with Gasteiger partial charge in [-0.05, 0) is 43.7 Å². The summed E-state index contributed by atoms with van der Waals surface area (Å²) in [6.07, 6.45) is 0. The summed E-state index contributed by atoms with van der Waals surface area (Å²) in [5.41, 5.74) is 3.87. The van der Waals surface area contributed by atoms with Gasteiger partial charge in [0, 0.05) is 36.3 Å². The first-order valence-electron chi connectivity index (χ1n) is 10.1. The molecule has 0 bridgehead atoms. The number of benzene rings is 1. The molecule has 1 aromatic carbocycles. The highest BCUT2D eigenvalue weighted by atomic mass is 32.2. The highest BCUT2D eigenvalue weighted by molar-refractivity contribution is 7.99. The van der Waals surface area contributed by atoms with Gasteiger partial charge in [0.25, 0.3) is 0 Å². The Morgan fingerprint density at radius 3 is 2.55 bits per heavy atom. The van der Waals surface area contributed by atoms with Crippen molar-refractivity contribution in [2.45, 2.75) is 38.8 Å². The number of amides is 1. The van der Waals surface area contributed by atoms with Crippen molar-refractivity contribution in [1.29, 1.82) is 0 Å². The summed E-state index contributed by atoms with van der Waals surface area (Å²) < 4.78 is 2.01. The quantitative estimate of drug-likeness (QED) is 0.419. The molecule has 0 aliphatic carbocycles. The van der Waals surface area contributed by atoms with Gasteiger partial charge >= 0.3 is 0 Å². The van der Waals surface area contributed by atoms with Crippen LogP contribution in [0.25, 0.3) is 15.9 Å². The standard InChI is InChI=1S/C22H26N6OS2/c1-12(2)19-24-21-18(13(3)14(4)31-21)20-25-26-22(28(19)20)30-11-17(29)23-15-7-9-16(10-8-15)27(5)6/h7-10,12H,11H2,1-6H3,(H,23,29). The van der Waals surface area contributed by atoms with E-state index in [2.05, 4.69) is 43.2 Å². The number of nitrogens with one attached hydrogen (secondary N) is 1. The van der Waals surface area contributed by atoms with Crippen LogP contribution in [-0.2, 0) is 4.79 Å². The Morgan fingerprint density at radius 1 is 1.19 bits per heavy atom. The average molecular weight is 455 g/mol. The first kappa shape index (κ1) is 21.6. The molecule has 0 unspecified atom stereocenters. The van der Waals surface area contributed by atoms with E-state index in [9.17, 15) is 4.79 Å². The minimum absolute atomic E-state index is 0.0814. The Bertz CT molecular complexity index is 1260. The predicted octanol–water partition coefficient (Wildman–Crippen LogP) is 4.88. The molecule has 3 heterocycles. The van der Waals surface area contributed by atoms with E-state index in [-0.39, 0.29) is 17.6 Å². The molecule has 0 radical (unpaired) electrons. The van der Waals surface area contributed by atoms with E-state index in [0.29, 0.717) is 5.16 Å². The van der Waals surface area contributed by atoms with E-state index in [4.69, 9.17) is 4.98 Å². The minimum atomic E-state index is -0.0814. The van der Waals surface area contributed by atoms with Crippen LogP contribution < -0.4 is 10.2 Å². The van der Waals surface area contributed by atoms with Gasteiger partial charge < -0.3 is 10.2 Å². The third kappa shape index (κ3) is 4.12. The zero-order chi connectivity index (χ0) is 22.3. The van der Waals surface area contributed by atoms with Gasteiger partial charge in [-0.2, -0.15) is 0 Å². The second kappa shape index (κ2) is 8.47. The third-order valence-corrected chi connectivity index (χ3v) is 7.22. The number of hydrogen-bond donors (Lipinski definition) is 1. The monoisotopic (exact) mass is 454 g/mol. The number of carbonyl (C=O) groups excluding carboxylic acids is 1. The van der Waals surface area contributed by atoms with Crippen LogP contribution >= 0.6 is 23.1 Å². The Labute approximate surface area is 189 Å². The van der Waals surface area contributed by atoms with Gasteiger partial charge in [0.15, 0.2) is 10.8 Å². The number of rotatable bonds is 6. The first-order valence-corrected chi connectivity index (χ1v) is 11.9. The Kier molecular flexibility index (Phi) is 5.90. The number of nitrogens with zero attached hydrogens (tertiary/aromatic N) is 5. The minimum Gasteiger partial charge on any atom is -0.378 e. The molecule has 162 valence electrons. The van der Waals surface area contributed by atoms with Gasteiger partial charge in [0.2, 0.25) is 5.91 Å². The van der Waals surface area contributed by atoms with Crippen molar-refractivity contribution in [3.8, 4) is 0 Å². The lowest BCUT2D eigenvalue weighted by molar-refractivity contribution is -0.113. The number of thiophene rings is 1. The van der Waals surface area contributed by atoms with E-state index in [1.165, 1.54) is 22.2 Å². The SMILES string of the molecule is Cc1sc2nc(C(C)C)n3c(SCC(=O)Nc4ccc(N(C)C)cc4)nnc3c2c1C. The smallest absolute Gasteiger partial charge is 0.234 e. The molecule has 31 heavy (non-hydrogen) atoms. The lowest BCUT2D eigenvalue weighted by atomic mass is 10.2. The molecule has 1 amide bonds. The van der Waals surface area contributed by atoms with E-state index in [1.54, 1.807) is 11.3 Å². The molecule has 0 saturated carbocycles. The van der Waals surface area contributed by atoms with Gasteiger partial charge in [-0.25, -0.2) is 4.98 Å². The van der Waals surface area contributed by atoms with Gasteiger partial charge in [-0.1, -0.05) is 25.6 Å². The number of carbonyl (C=O) groups is 1. The average Bonchev–Trinajstić information content (AvgIpc) is 3.26. The molecule has 0 saturated heterocycles. The maximum atomic E-state index is 12.5. The van der Waals surface area contributed by atoms with Crippen molar-refractivity contribution in [3.63, 3.8) is 0 Å². The Balaban J connectivity index is 1.58. The van der Waals surface area contributed by atoms with Crippen LogP contribution in [0.1, 0.15) is 36.0 Å². The van der Waals surface area contributed by atoms with Crippen molar-refractivity contribution in [2.75, 3.05) is 30.1 Å². The summed E-state index contributed by atoms with van der Waals surface area (Å²) in [4.78, 5) is 21.7. The van der Waals surface area contributed by atoms with Crippen molar-refractivity contribution < 1.29 is 4.79 Å². The second-order valence-corrected chi connectivity index (χ2v) is 10.2. The predicted molar refractivity (Wildman–Crippen MR) is 130 cm³/mol. The fourth-order valence-electron chi connectivity index (χ4n) is 3.39. The van der Waals surface area contributed by atoms with Gasteiger partial charge in [0.05, 0.1) is 11.1 Å². The Hall–Kier alpha value is -2.65. The molecule has 0 atom stereocenters. The molecule has 1 N–H and O–H groups in total. The molecule has 0 aliphatic rings. The van der Waals surface area contributed by atoms with Gasteiger partial charge in [0.1, 0.15) is 10.7 Å². The van der Waals surface area contributed by atoms with Crippen LogP contribution in [0.2, 0.25) is 0 Å². The van der Waals surface area contributed by atoms with E-state index in [1.807, 2.05) is 47.7 Å². The molecule has 4 rings (SSSR count). The highest BCUT2D eigenvalue weighted by Crippen LogP contribution is 2.34. The topological polar surface area (TPSA) is 75.4 Å². The lowest BCUT2D eigenvalue weighted by Crippen LogP contribution is -2.15. The molecule has 9 heteroatoms. The van der Waals surface area contributed by atoms with E-state index < -0.39 is 0 Å². The molecular formula is C22H26N6OS2. The summed E-state index contributed by atoms with van der Waals surface area (Å²) in [7, 11) is 3.97. The van der Waals surface area contributed by atoms with E-state index in [0.717, 1.165) is 33.1 Å². The molecule has 0 aliphatic heterocycles. The lowest BCUT2D eigenvalue weighted by Gasteiger charge is -2.13. The molecule has 7 nitrogen and oxygen atoms in total. The summed E-state index contributed by atoms with van der Waals surface area (Å²) in [5, 5.41) is 13.6. The van der Waals surface area contributed by atoms with Gasteiger partial charge in [-0.15, -0.1) is 21.5 Å². The zero-order valence-electron chi connectivity index (χ0n) is 18.6. The first-order chi connectivity index (χ1) is 14.8.